The number of nitrogens with one attached hydrogen (secondary N) is 1. The number of hydrogen-bond donors (Lipinski definition) is 2. The van der Waals surface area contributed by atoms with Gasteiger partial charge in [0.25, 0.3) is 5.91 Å². The molecule has 0 saturated carbocycles. The quantitative estimate of drug-likeness (QED) is 0.402. The Bertz CT molecular complexity index is 1490. The van der Waals surface area contributed by atoms with Crippen molar-refractivity contribution in [2.45, 2.75) is 24.9 Å². The number of likely N-dealkylation sites (tertiary alicyclic amines) is 1. The lowest BCUT2D eigenvalue weighted by atomic mass is 9.96. The zero-order valence-corrected chi connectivity index (χ0v) is 20.4. The Morgan fingerprint density at radius 3 is 2.61 bits per heavy atom. The van der Waals surface area contributed by atoms with Gasteiger partial charge < -0.3 is 24.8 Å². The van der Waals surface area contributed by atoms with Gasteiger partial charge in [0.2, 0.25) is 0 Å². The molecule has 2 aliphatic rings. The fourth-order valence-corrected chi connectivity index (χ4v) is 4.96. The number of halogens is 2. The van der Waals surface area contributed by atoms with Crippen molar-refractivity contribution in [1.29, 1.82) is 0 Å². The van der Waals surface area contributed by atoms with Crippen LogP contribution in [0.2, 0.25) is 0 Å². The molecule has 196 valence electrons. The van der Waals surface area contributed by atoms with Crippen molar-refractivity contribution in [2.75, 3.05) is 26.7 Å². The summed E-state index contributed by atoms with van der Waals surface area (Å²) in [6, 6.07) is 16.7. The van der Waals surface area contributed by atoms with Crippen LogP contribution in [0, 0.1) is 0 Å². The number of carbonyl (C=O) groups is 1. The van der Waals surface area contributed by atoms with Crippen LogP contribution in [0.15, 0.2) is 60.7 Å². The minimum absolute atomic E-state index is 0.0349. The number of β-amino-alcohol motifs (C(OH)–C–C–N with tert-alkyl or cyclic N) is 1. The van der Waals surface area contributed by atoms with E-state index in [4.69, 9.17) is 14.6 Å². The summed E-state index contributed by atoms with van der Waals surface area (Å²) in [6.45, 7) is -1.63. The number of alkyl halides is 2. The number of amides is 1. The van der Waals surface area contributed by atoms with Crippen molar-refractivity contribution in [3.05, 3.63) is 83.2 Å². The lowest BCUT2D eigenvalue weighted by Gasteiger charge is -2.38. The maximum atomic E-state index is 13.1. The largest absolute Gasteiger partial charge is 0.434 e. The number of methoxy groups -OCH3 is 1. The minimum atomic E-state index is -2.98. The van der Waals surface area contributed by atoms with E-state index in [1.165, 1.54) is 6.07 Å². The third-order valence-electron chi connectivity index (χ3n) is 6.99. The molecule has 2 atom stereocenters. The van der Waals surface area contributed by atoms with E-state index in [1.54, 1.807) is 52.9 Å². The van der Waals surface area contributed by atoms with Crippen molar-refractivity contribution in [2.24, 2.45) is 0 Å². The van der Waals surface area contributed by atoms with Gasteiger partial charge in [0, 0.05) is 43.4 Å². The van der Waals surface area contributed by atoms with Crippen LogP contribution in [0.25, 0.3) is 16.9 Å². The Morgan fingerprint density at radius 1 is 1.11 bits per heavy atom. The zero-order valence-electron chi connectivity index (χ0n) is 20.4. The Kier molecular flexibility index (Phi) is 6.26. The molecule has 2 aliphatic heterocycles. The molecule has 2 aromatic heterocycles. The number of rotatable bonds is 6. The van der Waals surface area contributed by atoms with Crippen LogP contribution in [0.1, 0.15) is 39.5 Å². The van der Waals surface area contributed by atoms with Crippen LogP contribution in [0.5, 0.6) is 5.75 Å². The summed E-state index contributed by atoms with van der Waals surface area (Å²) in [5, 5.41) is 18.6. The van der Waals surface area contributed by atoms with E-state index < -0.39 is 18.8 Å². The number of para-hydroxylation sites is 1. The SMILES string of the molecule is COC1CN(C(=O)c2ccc(-c3ccc4nc5c(n4n3)C(c3ccccc3OC(F)F)NCC5O)cc2)C1. The molecule has 2 N–H and O–H groups in total. The van der Waals surface area contributed by atoms with Gasteiger partial charge in [-0.3, -0.25) is 4.79 Å². The number of ether oxygens (including phenoxy) is 2. The van der Waals surface area contributed by atoms with Gasteiger partial charge in [0.05, 0.1) is 29.2 Å². The molecule has 0 spiro atoms. The van der Waals surface area contributed by atoms with Crippen molar-refractivity contribution in [1.82, 2.24) is 24.8 Å². The number of aromatic nitrogens is 3. The summed E-state index contributed by atoms with van der Waals surface area (Å²) in [5.74, 6) is -0.0164. The fourth-order valence-electron chi connectivity index (χ4n) is 4.96. The van der Waals surface area contributed by atoms with Gasteiger partial charge in [-0.2, -0.15) is 13.9 Å². The highest BCUT2D eigenvalue weighted by Gasteiger charge is 2.34. The molecular weight excluding hydrogens is 496 g/mol. The van der Waals surface area contributed by atoms with E-state index in [0.29, 0.717) is 46.9 Å². The predicted molar refractivity (Wildman–Crippen MR) is 133 cm³/mol. The van der Waals surface area contributed by atoms with Crippen LogP contribution >= 0.6 is 0 Å². The lowest BCUT2D eigenvalue weighted by Crippen LogP contribution is -2.54. The van der Waals surface area contributed by atoms with Gasteiger partial charge in [-0.1, -0.05) is 30.3 Å². The minimum Gasteiger partial charge on any atom is -0.434 e. The fraction of sp³-hybridized carbons (Fsp3) is 0.296. The first-order valence-corrected chi connectivity index (χ1v) is 12.2. The molecule has 0 radical (unpaired) electrons. The first-order valence-electron chi connectivity index (χ1n) is 12.2. The van der Waals surface area contributed by atoms with Gasteiger partial charge in [0.15, 0.2) is 5.65 Å². The molecule has 0 aliphatic carbocycles. The predicted octanol–water partition coefficient (Wildman–Crippen LogP) is 3.19. The lowest BCUT2D eigenvalue weighted by molar-refractivity contribution is -0.0507. The molecule has 4 heterocycles. The highest BCUT2D eigenvalue weighted by atomic mass is 19.3. The summed E-state index contributed by atoms with van der Waals surface area (Å²) in [5.41, 5.74) is 3.95. The molecule has 2 unspecified atom stereocenters. The topological polar surface area (TPSA) is 101 Å². The van der Waals surface area contributed by atoms with E-state index >= 15 is 0 Å². The Morgan fingerprint density at radius 2 is 1.87 bits per heavy atom. The Balaban J connectivity index is 1.35. The van der Waals surface area contributed by atoms with E-state index in [2.05, 4.69) is 10.3 Å². The molecule has 4 aromatic rings. The number of carbonyl (C=O) groups excluding carboxylic acids is 1. The molecule has 9 nitrogen and oxygen atoms in total. The van der Waals surface area contributed by atoms with Gasteiger partial charge in [-0.15, -0.1) is 0 Å². The van der Waals surface area contributed by atoms with Crippen molar-refractivity contribution >= 4 is 11.6 Å². The van der Waals surface area contributed by atoms with Crippen LogP contribution in [-0.2, 0) is 4.74 Å². The monoisotopic (exact) mass is 521 g/mol. The second kappa shape index (κ2) is 9.75. The highest BCUT2D eigenvalue weighted by Crippen LogP contribution is 2.37. The van der Waals surface area contributed by atoms with Gasteiger partial charge in [0.1, 0.15) is 11.9 Å². The summed E-state index contributed by atoms with van der Waals surface area (Å²) in [7, 11) is 1.64. The molecule has 2 aromatic carbocycles. The van der Waals surface area contributed by atoms with E-state index in [-0.39, 0.29) is 24.3 Å². The average molecular weight is 522 g/mol. The van der Waals surface area contributed by atoms with E-state index in [1.807, 2.05) is 18.2 Å². The summed E-state index contributed by atoms with van der Waals surface area (Å²) >= 11 is 0. The van der Waals surface area contributed by atoms with Gasteiger partial charge >= 0.3 is 6.61 Å². The highest BCUT2D eigenvalue weighted by molar-refractivity contribution is 5.95. The Hall–Kier alpha value is -3.93. The molecule has 38 heavy (non-hydrogen) atoms. The second-order valence-electron chi connectivity index (χ2n) is 9.29. The number of aliphatic hydroxyl groups is 1. The van der Waals surface area contributed by atoms with Crippen LogP contribution in [0.4, 0.5) is 8.78 Å². The third kappa shape index (κ3) is 4.28. The van der Waals surface area contributed by atoms with E-state index in [0.717, 1.165) is 5.56 Å². The van der Waals surface area contributed by atoms with Crippen molar-refractivity contribution in [3.63, 3.8) is 0 Å². The summed E-state index contributed by atoms with van der Waals surface area (Å²) < 4.78 is 37.8. The normalized spacial score (nSPS) is 19.4. The number of hydrogen-bond acceptors (Lipinski definition) is 7. The zero-order chi connectivity index (χ0) is 26.4. The van der Waals surface area contributed by atoms with Crippen LogP contribution in [0.3, 0.4) is 0 Å². The standard InChI is InChI=1S/C27H25F2N5O4/c1-37-17-13-33(14-17)26(36)16-8-6-15(7-9-16)19-10-11-22-31-24-20(35)12-30-23(25(24)34(22)32-19)18-4-2-3-5-21(18)38-27(28)29/h2-11,17,20,23,27,30,35H,12-14H2,1H3. The van der Waals surface area contributed by atoms with Gasteiger partial charge in [-0.25, -0.2) is 9.50 Å². The van der Waals surface area contributed by atoms with Crippen molar-refractivity contribution in [3.8, 4) is 17.0 Å². The third-order valence-corrected chi connectivity index (χ3v) is 6.99. The Labute approximate surface area is 216 Å². The second-order valence-corrected chi connectivity index (χ2v) is 9.29. The molecule has 1 amide bonds. The molecule has 0 bridgehead atoms. The first-order chi connectivity index (χ1) is 18.4. The number of aliphatic hydroxyl groups excluding tert-OH is 1. The molecule has 1 saturated heterocycles. The number of benzene rings is 2. The number of imidazole rings is 1. The maximum Gasteiger partial charge on any atom is 0.387 e. The maximum absolute atomic E-state index is 13.1. The number of fused-ring (bicyclic) bond motifs is 3. The van der Waals surface area contributed by atoms with Crippen LogP contribution in [-0.4, -0.2) is 70.0 Å². The van der Waals surface area contributed by atoms with Crippen LogP contribution < -0.4 is 10.1 Å². The average Bonchev–Trinajstić information content (AvgIpc) is 3.28. The molecule has 6 rings (SSSR count). The molecule has 11 heteroatoms. The van der Waals surface area contributed by atoms with E-state index in [9.17, 15) is 18.7 Å². The van der Waals surface area contributed by atoms with Crippen molar-refractivity contribution < 1.29 is 28.2 Å². The first kappa shape index (κ1) is 24.4. The van der Waals surface area contributed by atoms with Gasteiger partial charge in [-0.05, 0) is 30.3 Å². The molecule has 1 fully saturated rings. The summed E-state index contributed by atoms with van der Waals surface area (Å²) in [6.07, 6.45) is -0.805. The molecular formula is C27H25F2N5O4. The summed E-state index contributed by atoms with van der Waals surface area (Å²) in [4.78, 5) is 19.0. The number of nitrogens with zero attached hydrogens (tertiary/aromatic N) is 4. The smallest absolute Gasteiger partial charge is 0.387 e.